The first kappa shape index (κ1) is 14.5. The van der Waals surface area contributed by atoms with Crippen LogP contribution in [0.3, 0.4) is 0 Å². The highest BCUT2D eigenvalue weighted by Crippen LogP contribution is 2.10. The van der Waals surface area contributed by atoms with Crippen LogP contribution in [0.4, 0.5) is 6.01 Å². The molecule has 1 aromatic rings. The molecule has 1 aromatic heterocycles. The summed E-state index contributed by atoms with van der Waals surface area (Å²) in [5.74, 6) is -0.287. The van der Waals surface area contributed by atoms with E-state index in [1.807, 2.05) is 0 Å². The number of anilines is 1. The number of carboxylic acids is 1. The second-order valence-corrected chi connectivity index (χ2v) is 4.87. The lowest BCUT2D eigenvalue weighted by molar-refractivity contribution is 0.0690. The molecule has 0 radical (unpaired) electrons. The molecular formula is C13H22N2O3. The predicted octanol–water partition coefficient (Wildman–Crippen LogP) is 3.39. The van der Waals surface area contributed by atoms with Crippen LogP contribution in [0, 0.1) is 5.92 Å². The number of aromatic nitrogens is 1. The second-order valence-electron chi connectivity index (χ2n) is 4.87. The highest BCUT2D eigenvalue weighted by molar-refractivity contribution is 5.85. The van der Waals surface area contributed by atoms with E-state index >= 15 is 0 Å². The normalized spacial score (nSPS) is 10.8. The van der Waals surface area contributed by atoms with Gasteiger partial charge in [0.25, 0.3) is 6.01 Å². The summed E-state index contributed by atoms with van der Waals surface area (Å²) in [7, 11) is 0. The summed E-state index contributed by atoms with van der Waals surface area (Å²) >= 11 is 0. The molecule has 1 rings (SSSR count). The Balaban J connectivity index is 2.05. The van der Waals surface area contributed by atoms with Crippen molar-refractivity contribution >= 4 is 12.0 Å². The van der Waals surface area contributed by atoms with E-state index in [4.69, 9.17) is 9.52 Å². The molecule has 18 heavy (non-hydrogen) atoms. The van der Waals surface area contributed by atoms with Crippen LogP contribution < -0.4 is 5.32 Å². The van der Waals surface area contributed by atoms with Crippen LogP contribution in [0.25, 0.3) is 0 Å². The van der Waals surface area contributed by atoms with Gasteiger partial charge in [0.15, 0.2) is 5.69 Å². The summed E-state index contributed by atoms with van der Waals surface area (Å²) in [4.78, 5) is 14.4. The number of unbranched alkanes of at least 4 members (excludes halogenated alkanes) is 3. The fourth-order valence-corrected chi connectivity index (χ4v) is 1.68. The smallest absolute Gasteiger partial charge is 0.357 e. The lowest BCUT2D eigenvalue weighted by Gasteiger charge is -2.04. The zero-order valence-corrected chi connectivity index (χ0v) is 11.1. The van der Waals surface area contributed by atoms with Gasteiger partial charge in [-0.2, -0.15) is 4.98 Å². The molecule has 0 amide bonds. The Labute approximate surface area is 108 Å². The molecule has 0 spiro atoms. The van der Waals surface area contributed by atoms with Gasteiger partial charge in [-0.3, -0.25) is 0 Å². The maximum atomic E-state index is 10.6. The molecule has 1 heterocycles. The minimum absolute atomic E-state index is 0.0607. The maximum Gasteiger partial charge on any atom is 0.357 e. The third-order valence-corrected chi connectivity index (χ3v) is 2.71. The average Bonchev–Trinajstić information content (AvgIpc) is 2.76. The van der Waals surface area contributed by atoms with E-state index in [1.54, 1.807) is 0 Å². The SMILES string of the molecule is CC(C)CCCCCCNc1nc(C(=O)O)co1. The van der Waals surface area contributed by atoms with Crippen molar-refractivity contribution in [2.75, 3.05) is 11.9 Å². The largest absolute Gasteiger partial charge is 0.476 e. The molecule has 0 saturated heterocycles. The van der Waals surface area contributed by atoms with E-state index in [1.165, 1.54) is 25.7 Å². The van der Waals surface area contributed by atoms with E-state index in [0.717, 1.165) is 25.1 Å². The monoisotopic (exact) mass is 254 g/mol. The highest BCUT2D eigenvalue weighted by Gasteiger charge is 2.09. The van der Waals surface area contributed by atoms with Crippen LogP contribution in [0.5, 0.6) is 0 Å². The van der Waals surface area contributed by atoms with Gasteiger partial charge in [0, 0.05) is 6.54 Å². The zero-order valence-electron chi connectivity index (χ0n) is 11.1. The van der Waals surface area contributed by atoms with Gasteiger partial charge in [-0.25, -0.2) is 4.79 Å². The van der Waals surface area contributed by atoms with Crippen LogP contribution in [0.15, 0.2) is 10.7 Å². The molecule has 0 fully saturated rings. The number of oxazole rings is 1. The van der Waals surface area contributed by atoms with Crippen LogP contribution in [-0.4, -0.2) is 22.6 Å². The van der Waals surface area contributed by atoms with Crippen molar-refractivity contribution in [1.29, 1.82) is 0 Å². The van der Waals surface area contributed by atoms with Gasteiger partial charge in [-0.1, -0.05) is 39.5 Å². The summed E-state index contributed by atoms with van der Waals surface area (Å²) in [5, 5.41) is 11.6. The van der Waals surface area contributed by atoms with Crippen LogP contribution >= 0.6 is 0 Å². The van der Waals surface area contributed by atoms with Gasteiger partial charge < -0.3 is 14.8 Å². The van der Waals surface area contributed by atoms with Crippen molar-refractivity contribution in [3.8, 4) is 0 Å². The fourth-order valence-electron chi connectivity index (χ4n) is 1.68. The first-order valence-electron chi connectivity index (χ1n) is 6.52. The summed E-state index contributed by atoms with van der Waals surface area (Å²) in [6.45, 7) is 5.25. The molecule has 0 saturated carbocycles. The minimum Gasteiger partial charge on any atom is -0.476 e. The number of aromatic carboxylic acids is 1. The summed E-state index contributed by atoms with van der Waals surface area (Å²) < 4.78 is 4.98. The number of carbonyl (C=O) groups is 1. The van der Waals surface area contributed by atoms with Crippen LogP contribution in [-0.2, 0) is 0 Å². The van der Waals surface area contributed by atoms with Crippen molar-refractivity contribution < 1.29 is 14.3 Å². The number of hydrogen-bond donors (Lipinski definition) is 2. The Bertz CT molecular complexity index is 361. The highest BCUT2D eigenvalue weighted by atomic mass is 16.4. The standard InChI is InChI=1S/C13H22N2O3/c1-10(2)7-5-3-4-6-8-14-13-15-11(9-18-13)12(16)17/h9-10H,3-8H2,1-2H3,(H,14,15)(H,16,17). The lowest BCUT2D eigenvalue weighted by atomic mass is 10.0. The molecule has 5 nitrogen and oxygen atoms in total. The van der Waals surface area contributed by atoms with Gasteiger partial charge >= 0.3 is 5.97 Å². The molecule has 5 heteroatoms. The topological polar surface area (TPSA) is 75.4 Å². The predicted molar refractivity (Wildman–Crippen MR) is 69.9 cm³/mol. The Hall–Kier alpha value is -1.52. The van der Waals surface area contributed by atoms with Gasteiger partial charge in [0.1, 0.15) is 6.26 Å². The van der Waals surface area contributed by atoms with Crippen molar-refractivity contribution in [3.05, 3.63) is 12.0 Å². The van der Waals surface area contributed by atoms with Gasteiger partial charge in [-0.15, -0.1) is 0 Å². The lowest BCUT2D eigenvalue weighted by Crippen LogP contribution is -2.03. The van der Waals surface area contributed by atoms with Crippen molar-refractivity contribution in [2.45, 2.75) is 46.0 Å². The second kappa shape index (κ2) is 7.74. The molecule has 2 N–H and O–H groups in total. The maximum absolute atomic E-state index is 10.6. The Morgan fingerprint density at radius 2 is 2.11 bits per heavy atom. The minimum atomic E-state index is -1.07. The van der Waals surface area contributed by atoms with Gasteiger partial charge in [-0.05, 0) is 12.3 Å². The van der Waals surface area contributed by atoms with E-state index < -0.39 is 5.97 Å². The van der Waals surface area contributed by atoms with Crippen molar-refractivity contribution in [2.24, 2.45) is 5.92 Å². The molecule has 102 valence electrons. The fraction of sp³-hybridized carbons (Fsp3) is 0.692. The van der Waals surface area contributed by atoms with Crippen molar-refractivity contribution in [1.82, 2.24) is 4.98 Å². The first-order chi connectivity index (χ1) is 8.59. The summed E-state index contributed by atoms with van der Waals surface area (Å²) in [5.41, 5.74) is -0.0607. The van der Waals surface area contributed by atoms with Crippen LogP contribution in [0.1, 0.15) is 56.4 Å². The first-order valence-corrected chi connectivity index (χ1v) is 6.52. The number of rotatable bonds is 9. The van der Waals surface area contributed by atoms with E-state index in [9.17, 15) is 4.79 Å². The number of carboxylic acid groups (broad SMARTS) is 1. The third kappa shape index (κ3) is 5.70. The summed E-state index contributed by atoms with van der Waals surface area (Å²) in [6.07, 6.45) is 7.17. The Kier molecular flexibility index (Phi) is 6.25. The Morgan fingerprint density at radius 3 is 2.72 bits per heavy atom. The molecule has 0 aliphatic rings. The molecule has 0 bridgehead atoms. The van der Waals surface area contributed by atoms with E-state index in [2.05, 4.69) is 24.1 Å². The van der Waals surface area contributed by atoms with Crippen LogP contribution in [0.2, 0.25) is 0 Å². The molecule has 0 aromatic carbocycles. The van der Waals surface area contributed by atoms with E-state index in [0.29, 0.717) is 0 Å². The quantitative estimate of drug-likeness (QED) is 0.661. The Morgan fingerprint density at radius 1 is 1.39 bits per heavy atom. The average molecular weight is 254 g/mol. The van der Waals surface area contributed by atoms with Gasteiger partial charge in [0.2, 0.25) is 0 Å². The van der Waals surface area contributed by atoms with Crippen molar-refractivity contribution in [3.63, 3.8) is 0 Å². The number of hydrogen-bond acceptors (Lipinski definition) is 4. The zero-order chi connectivity index (χ0) is 13.4. The molecule has 0 unspecified atom stereocenters. The van der Waals surface area contributed by atoms with Gasteiger partial charge in [0.05, 0.1) is 0 Å². The number of nitrogens with zero attached hydrogens (tertiary/aromatic N) is 1. The third-order valence-electron chi connectivity index (χ3n) is 2.71. The summed E-state index contributed by atoms with van der Waals surface area (Å²) in [6, 6.07) is 0.287. The number of nitrogens with one attached hydrogen (secondary N) is 1. The molecule has 0 aliphatic carbocycles. The van der Waals surface area contributed by atoms with E-state index in [-0.39, 0.29) is 11.7 Å². The molecule has 0 aliphatic heterocycles. The molecular weight excluding hydrogens is 232 g/mol. The molecule has 0 atom stereocenters.